The second kappa shape index (κ2) is 11.3. The van der Waals surface area contributed by atoms with E-state index < -0.39 is 5.60 Å². The van der Waals surface area contributed by atoms with Crippen LogP contribution in [0.5, 0.6) is 0 Å². The third kappa shape index (κ3) is 5.62. The van der Waals surface area contributed by atoms with Crippen LogP contribution >= 0.6 is 11.3 Å². The second-order valence-electron chi connectivity index (χ2n) is 9.83. The van der Waals surface area contributed by atoms with Crippen molar-refractivity contribution in [2.24, 2.45) is 0 Å². The van der Waals surface area contributed by atoms with E-state index in [2.05, 4.69) is 37.1 Å². The van der Waals surface area contributed by atoms with Gasteiger partial charge in [-0.15, -0.1) is 11.3 Å². The minimum atomic E-state index is -0.815. The van der Waals surface area contributed by atoms with Crippen LogP contribution < -0.4 is 10.2 Å². The van der Waals surface area contributed by atoms with E-state index >= 15 is 0 Å². The molecule has 1 aliphatic heterocycles. The van der Waals surface area contributed by atoms with E-state index in [1.54, 1.807) is 17.5 Å². The first-order chi connectivity index (χ1) is 18.4. The molecule has 4 aromatic rings. The Morgan fingerprint density at radius 1 is 0.947 bits per heavy atom. The largest absolute Gasteiger partial charge is 0.384 e. The van der Waals surface area contributed by atoms with E-state index in [-0.39, 0.29) is 0 Å². The van der Waals surface area contributed by atoms with Crippen molar-refractivity contribution in [3.05, 3.63) is 48.0 Å². The molecule has 2 N–H and O–H groups in total. The minimum Gasteiger partial charge on any atom is -0.384 e. The molecule has 0 radical (unpaired) electrons. The van der Waals surface area contributed by atoms with Crippen LogP contribution in [0, 0.1) is 6.92 Å². The zero-order valence-corrected chi connectivity index (χ0v) is 23.4. The molecule has 0 atom stereocenters. The highest BCUT2D eigenvalue weighted by molar-refractivity contribution is 7.21. The Morgan fingerprint density at radius 2 is 1.71 bits per heavy atom. The van der Waals surface area contributed by atoms with Gasteiger partial charge in [-0.25, -0.2) is 15.0 Å². The lowest BCUT2D eigenvalue weighted by Gasteiger charge is -2.32. The smallest absolute Gasteiger partial charge is 0.227 e. The number of aryl methyl sites for hydroxylation is 1. The van der Waals surface area contributed by atoms with Crippen molar-refractivity contribution in [2.45, 2.75) is 52.1 Å². The molecule has 9 nitrogen and oxygen atoms in total. The van der Waals surface area contributed by atoms with Crippen LogP contribution in [0.25, 0.3) is 20.8 Å². The molecular weight excluding hydrogens is 496 g/mol. The van der Waals surface area contributed by atoms with Crippen LogP contribution in [0.4, 0.5) is 17.6 Å². The summed E-state index contributed by atoms with van der Waals surface area (Å²) in [4.78, 5) is 27.9. The maximum absolute atomic E-state index is 11.0. The van der Waals surface area contributed by atoms with E-state index in [0.717, 1.165) is 95.8 Å². The van der Waals surface area contributed by atoms with Gasteiger partial charge in [0.1, 0.15) is 22.2 Å². The van der Waals surface area contributed by atoms with E-state index in [0.29, 0.717) is 5.82 Å². The number of pyridine rings is 2. The second-order valence-corrected chi connectivity index (χ2v) is 10.9. The molecule has 0 bridgehead atoms. The fourth-order valence-electron chi connectivity index (χ4n) is 4.96. The van der Waals surface area contributed by atoms with Gasteiger partial charge in [0, 0.05) is 62.0 Å². The van der Waals surface area contributed by atoms with Gasteiger partial charge in [0.15, 0.2) is 0 Å². The van der Waals surface area contributed by atoms with Gasteiger partial charge in [0.25, 0.3) is 0 Å². The SMILES string of the molecule is CC.Cc1cc(Nc2cc3nc(-c4ccnc(C5(O)CCCC5)c4)sc3cn2)nc(N2CCN(C)CC2)n1. The average Bonchev–Trinajstić information content (AvgIpc) is 3.57. The van der Waals surface area contributed by atoms with Crippen molar-refractivity contribution in [1.82, 2.24) is 29.8 Å². The summed E-state index contributed by atoms with van der Waals surface area (Å²) in [5, 5.41) is 15.2. The maximum Gasteiger partial charge on any atom is 0.227 e. The number of thiazole rings is 1. The molecule has 5 heterocycles. The number of likely N-dealkylation sites (N-methyl/N-ethyl adjacent to an activating group) is 1. The number of nitrogens with one attached hydrogen (secondary N) is 1. The van der Waals surface area contributed by atoms with Crippen molar-refractivity contribution in [1.29, 1.82) is 0 Å². The molecule has 38 heavy (non-hydrogen) atoms. The van der Waals surface area contributed by atoms with Crippen molar-refractivity contribution >= 4 is 39.1 Å². The third-order valence-electron chi connectivity index (χ3n) is 7.07. The van der Waals surface area contributed by atoms with E-state index in [1.807, 2.05) is 51.2 Å². The van der Waals surface area contributed by atoms with Gasteiger partial charge >= 0.3 is 0 Å². The van der Waals surface area contributed by atoms with Crippen molar-refractivity contribution in [3.63, 3.8) is 0 Å². The minimum absolute atomic E-state index is 0.692. The molecule has 2 fully saturated rings. The summed E-state index contributed by atoms with van der Waals surface area (Å²) in [7, 11) is 2.14. The highest BCUT2D eigenvalue weighted by Gasteiger charge is 2.34. The number of rotatable bonds is 5. The summed E-state index contributed by atoms with van der Waals surface area (Å²) < 4.78 is 1.01. The van der Waals surface area contributed by atoms with Gasteiger partial charge in [-0.05, 0) is 38.9 Å². The zero-order chi connectivity index (χ0) is 26.7. The van der Waals surface area contributed by atoms with Gasteiger partial charge in [-0.2, -0.15) is 4.98 Å². The summed E-state index contributed by atoms with van der Waals surface area (Å²) in [6.07, 6.45) is 7.22. The van der Waals surface area contributed by atoms with Crippen molar-refractivity contribution in [3.8, 4) is 10.6 Å². The normalized spacial score (nSPS) is 17.3. The Bertz CT molecular complexity index is 1390. The van der Waals surface area contributed by atoms with Crippen LogP contribution in [0.3, 0.4) is 0 Å². The summed E-state index contributed by atoms with van der Waals surface area (Å²) in [6, 6.07) is 7.83. The summed E-state index contributed by atoms with van der Waals surface area (Å²) in [5.74, 6) is 2.17. The number of nitrogens with zero attached hydrogens (tertiary/aromatic N) is 7. The molecule has 2 aliphatic rings. The lowest BCUT2D eigenvalue weighted by molar-refractivity contribution is 0.0400. The van der Waals surface area contributed by atoms with E-state index in [4.69, 9.17) is 9.97 Å². The Balaban J connectivity index is 0.00000144. The monoisotopic (exact) mass is 532 g/mol. The van der Waals surface area contributed by atoms with Gasteiger partial charge in [-0.1, -0.05) is 26.7 Å². The first-order valence-electron chi connectivity index (χ1n) is 13.5. The predicted octanol–water partition coefficient (Wildman–Crippen LogP) is 5.13. The predicted molar refractivity (Wildman–Crippen MR) is 154 cm³/mol. The first-order valence-corrected chi connectivity index (χ1v) is 14.3. The summed E-state index contributed by atoms with van der Waals surface area (Å²) in [5.41, 5.74) is 2.68. The van der Waals surface area contributed by atoms with E-state index in [9.17, 15) is 5.11 Å². The number of anilines is 3. The third-order valence-corrected chi connectivity index (χ3v) is 8.13. The van der Waals surface area contributed by atoms with Gasteiger partial charge in [0.05, 0.1) is 15.9 Å². The zero-order valence-electron chi connectivity index (χ0n) is 22.6. The van der Waals surface area contributed by atoms with Crippen LogP contribution in [-0.4, -0.2) is 68.2 Å². The molecule has 0 aromatic carbocycles. The molecule has 4 aromatic heterocycles. The maximum atomic E-state index is 11.0. The molecular formula is C28H36N8OS. The van der Waals surface area contributed by atoms with Crippen molar-refractivity contribution < 1.29 is 5.11 Å². The fourth-order valence-corrected chi connectivity index (χ4v) is 5.87. The van der Waals surface area contributed by atoms with Crippen LogP contribution in [0.15, 0.2) is 36.7 Å². The molecule has 10 heteroatoms. The van der Waals surface area contributed by atoms with Gasteiger partial charge in [0.2, 0.25) is 5.95 Å². The standard InChI is InChI=1S/C26H30N8OS.C2H6/c1-17-13-23(32-25(29-17)34-11-9-33(2)10-12-34)31-22-15-19-20(16-28-22)36-24(30-19)18-5-8-27-21(14-18)26(35)6-3-4-7-26;1-2/h5,8,13-16,35H,3-4,6-7,9-12H2,1-2H3,(H,28,29,31,32);1-2H3. The lowest BCUT2D eigenvalue weighted by atomic mass is 9.96. The molecule has 1 saturated carbocycles. The molecule has 1 saturated heterocycles. The van der Waals surface area contributed by atoms with Crippen molar-refractivity contribution in [2.75, 3.05) is 43.4 Å². The average molecular weight is 533 g/mol. The molecule has 6 rings (SSSR count). The number of fused-ring (bicyclic) bond motifs is 1. The summed E-state index contributed by atoms with van der Waals surface area (Å²) >= 11 is 1.59. The molecule has 1 aliphatic carbocycles. The lowest BCUT2D eigenvalue weighted by Crippen LogP contribution is -2.45. The van der Waals surface area contributed by atoms with Gasteiger partial charge < -0.3 is 20.2 Å². The Hall–Kier alpha value is -3.21. The summed E-state index contributed by atoms with van der Waals surface area (Å²) in [6.45, 7) is 9.82. The number of piperazine rings is 1. The molecule has 200 valence electrons. The Kier molecular flexibility index (Phi) is 7.83. The highest BCUT2D eigenvalue weighted by atomic mass is 32.1. The first kappa shape index (κ1) is 26.4. The molecule has 0 amide bonds. The number of hydrogen-bond acceptors (Lipinski definition) is 10. The van der Waals surface area contributed by atoms with E-state index in [1.165, 1.54) is 0 Å². The number of aliphatic hydroxyl groups is 1. The highest BCUT2D eigenvalue weighted by Crippen LogP contribution is 2.39. The fraction of sp³-hybridized carbons (Fsp3) is 0.464. The Labute approximate surface area is 228 Å². The topological polar surface area (TPSA) is 103 Å². The van der Waals surface area contributed by atoms with Crippen LogP contribution in [-0.2, 0) is 5.60 Å². The van der Waals surface area contributed by atoms with Crippen LogP contribution in [0.2, 0.25) is 0 Å². The molecule has 0 spiro atoms. The Morgan fingerprint density at radius 3 is 2.47 bits per heavy atom. The number of aromatic nitrogens is 5. The quantitative estimate of drug-likeness (QED) is 0.362. The molecule has 0 unspecified atom stereocenters. The van der Waals surface area contributed by atoms with Gasteiger partial charge in [-0.3, -0.25) is 4.98 Å². The van der Waals surface area contributed by atoms with Crippen LogP contribution in [0.1, 0.15) is 50.9 Å². The number of hydrogen-bond donors (Lipinski definition) is 2.